The Kier molecular flexibility index (Phi) is 9.11. The van der Waals surface area contributed by atoms with E-state index in [1.54, 1.807) is 6.07 Å². The zero-order chi connectivity index (χ0) is 19.5. The second-order valence-corrected chi connectivity index (χ2v) is 6.88. The molecule has 150 valence electrons. The number of ether oxygens (including phenoxy) is 1. The predicted molar refractivity (Wildman–Crippen MR) is 109 cm³/mol. The van der Waals surface area contributed by atoms with Gasteiger partial charge in [0.15, 0.2) is 0 Å². The van der Waals surface area contributed by atoms with Crippen molar-refractivity contribution in [3.05, 3.63) is 23.8 Å². The molecule has 2 amide bonds. The van der Waals surface area contributed by atoms with Gasteiger partial charge < -0.3 is 20.3 Å². The van der Waals surface area contributed by atoms with Crippen LogP contribution in [0, 0.1) is 0 Å². The Balaban J connectivity index is 2.12. The van der Waals surface area contributed by atoms with Crippen molar-refractivity contribution in [1.82, 2.24) is 5.32 Å². The number of rotatable bonds is 10. The van der Waals surface area contributed by atoms with Crippen LogP contribution in [-0.4, -0.2) is 44.7 Å². The molecule has 0 radical (unpaired) electrons. The Morgan fingerprint density at radius 3 is 2.63 bits per heavy atom. The molecule has 1 heterocycles. The summed E-state index contributed by atoms with van der Waals surface area (Å²) in [5, 5.41) is 5.88. The maximum Gasteiger partial charge on any atom is 0.253 e. The third-order valence-corrected chi connectivity index (χ3v) is 4.65. The summed E-state index contributed by atoms with van der Waals surface area (Å²) in [5.74, 6) is -0.120. The van der Waals surface area contributed by atoms with Gasteiger partial charge in [0.1, 0.15) is 0 Å². The monoisotopic (exact) mass is 375 g/mol. The van der Waals surface area contributed by atoms with Crippen LogP contribution < -0.4 is 15.5 Å². The molecule has 0 bridgehead atoms. The van der Waals surface area contributed by atoms with Crippen molar-refractivity contribution in [2.24, 2.45) is 0 Å². The fourth-order valence-corrected chi connectivity index (χ4v) is 3.27. The number of nitrogens with one attached hydrogen (secondary N) is 2. The van der Waals surface area contributed by atoms with E-state index in [1.165, 1.54) is 6.42 Å². The first-order chi connectivity index (χ1) is 13.2. The number of hydrogen-bond donors (Lipinski definition) is 2. The number of anilines is 2. The summed E-state index contributed by atoms with van der Waals surface area (Å²) < 4.78 is 5.32. The zero-order valence-corrected chi connectivity index (χ0v) is 16.7. The number of carbonyl (C=O) groups excluding carboxylic acids is 2. The molecule has 0 aliphatic carbocycles. The molecule has 0 unspecified atom stereocenters. The highest BCUT2D eigenvalue weighted by Crippen LogP contribution is 2.27. The van der Waals surface area contributed by atoms with Crippen molar-refractivity contribution in [3.8, 4) is 0 Å². The molecule has 1 aliphatic heterocycles. The van der Waals surface area contributed by atoms with Crippen molar-refractivity contribution in [1.29, 1.82) is 0 Å². The Morgan fingerprint density at radius 1 is 1.15 bits per heavy atom. The highest BCUT2D eigenvalue weighted by atomic mass is 16.5. The van der Waals surface area contributed by atoms with E-state index in [9.17, 15) is 9.59 Å². The fraction of sp³-hybridized carbons (Fsp3) is 0.619. The van der Waals surface area contributed by atoms with E-state index in [1.807, 2.05) is 26.0 Å². The molecule has 0 spiro atoms. The Hall–Kier alpha value is -2.08. The summed E-state index contributed by atoms with van der Waals surface area (Å²) in [6.07, 6.45) is 5.58. The average Bonchev–Trinajstić information content (AvgIpc) is 2.68. The van der Waals surface area contributed by atoms with Gasteiger partial charge in [-0.3, -0.25) is 9.59 Å². The van der Waals surface area contributed by atoms with E-state index < -0.39 is 0 Å². The number of hydrogen-bond acceptors (Lipinski definition) is 4. The predicted octanol–water partition coefficient (Wildman–Crippen LogP) is 3.57. The van der Waals surface area contributed by atoms with Crippen molar-refractivity contribution in [3.63, 3.8) is 0 Å². The summed E-state index contributed by atoms with van der Waals surface area (Å²) >= 11 is 0. The molecule has 6 nitrogen and oxygen atoms in total. The number of nitrogens with zero attached hydrogens (tertiary/aromatic N) is 1. The van der Waals surface area contributed by atoms with Crippen LogP contribution in [0.3, 0.4) is 0 Å². The van der Waals surface area contributed by atoms with Gasteiger partial charge in [-0.15, -0.1) is 0 Å². The van der Waals surface area contributed by atoms with Crippen LogP contribution in [0.1, 0.15) is 62.7 Å². The maximum atomic E-state index is 12.8. The summed E-state index contributed by atoms with van der Waals surface area (Å²) in [7, 11) is 0. The molecule has 1 aromatic rings. The SMILES string of the molecule is CCCC(=O)Nc1ccc(N2CCCCC2)c(C(=O)NCCCOCC)c1. The maximum absolute atomic E-state index is 12.8. The van der Waals surface area contributed by atoms with Crippen LogP contribution in [0.25, 0.3) is 0 Å². The highest BCUT2D eigenvalue weighted by molar-refractivity contribution is 6.02. The molecule has 0 atom stereocenters. The molecule has 6 heteroatoms. The molecule has 27 heavy (non-hydrogen) atoms. The Labute approximate surface area is 162 Å². The van der Waals surface area contributed by atoms with E-state index in [0.29, 0.717) is 37.4 Å². The lowest BCUT2D eigenvalue weighted by atomic mass is 10.1. The number of piperidine rings is 1. The van der Waals surface area contributed by atoms with Crippen molar-refractivity contribution in [2.45, 2.75) is 52.4 Å². The normalized spacial score (nSPS) is 14.1. The van der Waals surface area contributed by atoms with Crippen LogP contribution in [0.4, 0.5) is 11.4 Å². The van der Waals surface area contributed by atoms with E-state index in [2.05, 4.69) is 15.5 Å². The zero-order valence-electron chi connectivity index (χ0n) is 16.7. The molecule has 1 aliphatic rings. The second-order valence-electron chi connectivity index (χ2n) is 6.88. The lowest BCUT2D eigenvalue weighted by Crippen LogP contribution is -2.33. The van der Waals surface area contributed by atoms with Crippen molar-refractivity contribution < 1.29 is 14.3 Å². The standard InChI is InChI=1S/C21H33N3O3/c1-3-9-20(25)23-17-10-11-19(24-13-6-5-7-14-24)18(16-17)21(26)22-12-8-15-27-4-2/h10-11,16H,3-9,12-15H2,1-2H3,(H,22,26)(H,23,25). The molecule has 0 aromatic heterocycles. The van der Waals surface area contributed by atoms with Crippen LogP contribution in [0.5, 0.6) is 0 Å². The van der Waals surface area contributed by atoms with E-state index in [4.69, 9.17) is 4.74 Å². The number of amides is 2. The van der Waals surface area contributed by atoms with Crippen LogP contribution in [0.15, 0.2) is 18.2 Å². The average molecular weight is 376 g/mol. The van der Waals surface area contributed by atoms with Gasteiger partial charge in [-0.25, -0.2) is 0 Å². The van der Waals surface area contributed by atoms with Gasteiger partial charge in [0.2, 0.25) is 5.91 Å². The van der Waals surface area contributed by atoms with Crippen molar-refractivity contribution in [2.75, 3.05) is 43.1 Å². The topological polar surface area (TPSA) is 70.7 Å². The van der Waals surface area contributed by atoms with E-state index in [0.717, 1.165) is 44.5 Å². The van der Waals surface area contributed by atoms with Gasteiger partial charge in [-0.05, 0) is 57.2 Å². The quantitative estimate of drug-likeness (QED) is 0.613. The fourth-order valence-electron chi connectivity index (χ4n) is 3.27. The summed E-state index contributed by atoms with van der Waals surface area (Å²) in [5.41, 5.74) is 2.25. The molecule has 2 rings (SSSR count). The largest absolute Gasteiger partial charge is 0.382 e. The first-order valence-electron chi connectivity index (χ1n) is 10.2. The summed E-state index contributed by atoms with van der Waals surface area (Å²) in [6, 6.07) is 5.65. The van der Waals surface area contributed by atoms with Crippen LogP contribution >= 0.6 is 0 Å². The van der Waals surface area contributed by atoms with Gasteiger partial charge in [0.25, 0.3) is 5.91 Å². The molecular weight excluding hydrogens is 342 g/mol. The van der Waals surface area contributed by atoms with E-state index >= 15 is 0 Å². The minimum absolute atomic E-state index is 0.0219. The van der Waals surface area contributed by atoms with Gasteiger partial charge >= 0.3 is 0 Å². The van der Waals surface area contributed by atoms with Gasteiger partial charge in [0, 0.05) is 50.6 Å². The number of benzene rings is 1. The Bertz CT molecular complexity index is 613. The third-order valence-electron chi connectivity index (χ3n) is 4.65. The highest BCUT2D eigenvalue weighted by Gasteiger charge is 2.19. The molecule has 1 aromatic carbocycles. The lowest BCUT2D eigenvalue weighted by Gasteiger charge is -2.30. The Morgan fingerprint density at radius 2 is 1.93 bits per heavy atom. The smallest absolute Gasteiger partial charge is 0.253 e. The molecular formula is C21H33N3O3. The van der Waals surface area contributed by atoms with Gasteiger partial charge in [0.05, 0.1) is 5.56 Å². The van der Waals surface area contributed by atoms with E-state index in [-0.39, 0.29) is 11.8 Å². The first-order valence-corrected chi connectivity index (χ1v) is 10.2. The molecule has 2 N–H and O–H groups in total. The molecule has 1 fully saturated rings. The molecule has 0 saturated carbocycles. The van der Waals surface area contributed by atoms with Gasteiger partial charge in [-0.1, -0.05) is 6.92 Å². The van der Waals surface area contributed by atoms with Gasteiger partial charge in [-0.2, -0.15) is 0 Å². The minimum Gasteiger partial charge on any atom is -0.382 e. The first kappa shape index (κ1) is 21.2. The summed E-state index contributed by atoms with van der Waals surface area (Å²) in [6.45, 7) is 7.76. The molecule has 1 saturated heterocycles. The van der Waals surface area contributed by atoms with Crippen molar-refractivity contribution >= 4 is 23.2 Å². The second kappa shape index (κ2) is 11.6. The summed E-state index contributed by atoms with van der Waals surface area (Å²) in [4.78, 5) is 27.0. The minimum atomic E-state index is -0.0985. The van der Waals surface area contributed by atoms with Crippen LogP contribution in [0.2, 0.25) is 0 Å². The lowest BCUT2D eigenvalue weighted by molar-refractivity contribution is -0.116. The third kappa shape index (κ3) is 6.86. The van der Waals surface area contributed by atoms with Crippen LogP contribution in [-0.2, 0) is 9.53 Å². The number of carbonyl (C=O) groups is 2.